The standard InChI is InChI=1S/C18H22N2O4/c1-11-9-20(7-6-14(11)17(21)23-3)18(22)19-13-4-5-16-15(8-13)12(2)10-24-16/h4-5,8,10-11,14H,6-7,9H2,1-3H3,(H,19,22). The fourth-order valence-electron chi connectivity index (χ4n) is 3.27. The van der Waals surface area contributed by atoms with Crippen LogP contribution in [0, 0.1) is 18.8 Å². The zero-order valence-corrected chi connectivity index (χ0v) is 14.2. The Balaban J connectivity index is 1.66. The number of piperidine rings is 1. The number of carbonyl (C=O) groups is 2. The molecule has 0 saturated carbocycles. The first-order chi connectivity index (χ1) is 11.5. The van der Waals surface area contributed by atoms with Crippen molar-refractivity contribution in [3.05, 3.63) is 30.0 Å². The fraction of sp³-hybridized carbons (Fsp3) is 0.444. The third-order valence-corrected chi connectivity index (χ3v) is 4.71. The lowest BCUT2D eigenvalue weighted by Crippen LogP contribution is -2.46. The van der Waals surface area contributed by atoms with Gasteiger partial charge in [0.1, 0.15) is 5.58 Å². The van der Waals surface area contributed by atoms with Gasteiger partial charge in [-0.15, -0.1) is 0 Å². The number of fused-ring (bicyclic) bond motifs is 1. The molecule has 1 fully saturated rings. The number of aryl methyl sites for hydroxylation is 1. The van der Waals surface area contributed by atoms with Crippen LogP contribution in [-0.2, 0) is 9.53 Å². The van der Waals surface area contributed by atoms with Crippen molar-refractivity contribution in [3.63, 3.8) is 0 Å². The Labute approximate surface area is 140 Å². The molecule has 6 nitrogen and oxygen atoms in total. The molecule has 0 radical (unpaired) electrons. The van der Waals surface area contributed by atoms with Crippen LogP contribution in [0.4, 0.5) is 10.5 Å². The van der Waals surface area contributed by atoms with Crippen molar-refractivity contribution in [1.29, 1.82) is 0 Å². The molecular weight excluding hydrogens is 308 g/mol. The van der Waals surface area contributed by atoms with Crippen molar-refractivity contribution in [2.45, 2.75) is 20.3 Å². The number of benzene rings is 1. The largest absolute Gasteiger partial charge is 0.469 e. The molecule has 0 aliphatic carbocycles. The van der Waals surface area contributed by atoms with E-state index in [9.17, 15) is 9.59 Å². The average molecular weight is 330 g/mol. The van der Waals surface area contributed by atoms with Crippen LogP contribution in [0.15, 0.2) is 28.9 Å². The highest BCUT2D eigenvalue weighted by Gasteiger charge is 2.33. The van der Waals surface area contributed by atoms with E-state index in [2.05, 4.69) is 5.32 Å². The number of methoxy groups -OCH3 is 1. The Kier molecular flexibility index (Phi) is 4.46. The molecule has 6 heteroatoms. The zero-order chi connectivity index (χ0) is 17.3. The molecule has 2 aromatic rings. The number of hydrogen-bond donors (Lipinski definition) is 1. The molecule has 2 amide bonds. The van der Waals surface area contributed by atoms with E-state index in [1.807, 2.05) is 32.0 Å². The summed E-state index contributed by atoms with van der Waals surface area (Å²) in [5.41, 5.74) is 2.58. The normalized spacial score (nSPS) is 20.9. The van der Waals surface area contributed by atoms with E-state index in [0.29, 0.717) is 19.5 Å². The summed E-state index contributed by atoms with van der Waals surface area (Å²) < 4.78 is 10.2. The van der Waals surface area contributed by atoms with Gasteiger partial charge >= 0.3 is 12.0 Å². The fourth-order valence-corrected chi connectivity index (χ4v) is 3.27. The summed E-state index contributed by atoms with van der Waals surface area (Å²) in [7, 11) is 1.40. The van der Waals surface area contributed by atoms with Crippen LogP contribution >= 0.6 is 0 Å². The molecule has 2 heterocycles. The molecule has 1 aliphatic rings. The van der Waals surface area contributed by atoms with Gasteiger partial charge in [-0.25, -0.2) is 4.79 Å². The lowest BCUT2D eigenvalue weighted by atomic mass is 9.87. The molecule has 3 rings (SSSR count). The summed E-state index contributed by atoms with van der Waals surface area (Å²) in [6, 6.07) is 5.44. The lowest BCUT2D eigenvalue weighted by molar-refractivity contribution is -0.148. The lowest BCUT2D eigenvalue weighted by Gasteiger charge is -2.35. The number of nitrogens with one attached hydrogen (secondary N) is 1. The Bertz CT molecular complexity index is 767. The summed E-state index contributed by atoms with van der Waals surface area (Å²) in [5, 5.41) is 3.92. The van der Waals surface area contributed by atoms with Crippen LogP contribution in [0.3, 0.4) is 0 Å². The molecule has 0 bridgehead atoms. The van der Waals surface area contributed by atoms with Gasteiger partial charge in [0.05, 0.1) is 19.3 Å². The van der Waals surface area contributed by atoms with Gasteiger partial charge in [-0.2, -0.15) is 0 Å². The smallest absolute Gasteiger partial charge is 0.321 e. The first-order valence-electron chi connectivity index (χ1n) is 8.11. The highest BCUT2D eigenvalue weighted by Crippen LogP contribution is 2.26. The maximum absolute atomic E-state index is 12.5. The molecule has 1 aromatic carbocycles. The molecule has 24 heavy (non-hydrogen) atoms. The second kappa shape index (κ2) is 6.55. The van der Waals surface area contributed by atoms with Crippen molar-refractivity contribution in [3.8, 4) is 0 Å². The van der Waals surface area contributed by atoms with Crippen LogP contribution in [0.5, 0.6) is 0 Å². The Morgan fingerprint density at radius 2 is 2.17 bits per heavy atom. The van der Waals surface area contributed by atoms with Gasteiger partial charge in [0.15, 0.2) is 0 Å². The highest BCUT2D eigenvalue weighted by molar-refractivity contribution is 5.93. The molecule has 2 unspecified atom stereocenters. The van der Waals surface area contributed by atoms with Gasteiger partial charge in [-0.3, -0.25) is 4.79 Å². The van der Waals surface area contributed by atoms with Crippen LogP contribution in [0.25, 0.3) is 11.0 Å². The molecule has 1 N–H and O–H groups in total. The number of likely N-dealkylation sites (tertiary alicyclic amines) is 1. The van der Waals surface area contributed by atoms with Gasteiger partial charge in [-0.1, -0.05) is 6.92 Å². The second-order valence-corrected chi connectivity index (χ2v) is 6.40. The number of ether oxygens (including phenoxy) is 1. The molecule has 1 aromatic heterocycles. The topological polar surface area (TPSA) is 71.8 Å². The predicted octanol–water partition coefficient (Wildman–Crippen LogP) is 3.40. The van der Waals surface area contributed by atoms with Gasteiger partial charge in [0.2, 0.25) is 0 Å². The van der Waals surface area contributed by atoms with Gasteiger partial charge < -0.3 is 19.4 Å². The van der Waals surface area contributed by atoms with Gasteiger partial charge in [-0.05, 0) is 43.0 Å². The number of nitrogens with zero attached hydrogens (tertiary/aromatic N) is 1. The van der Waals surface area contributed by atoms with Crippen molar-refractivity contribution in [2.75, 3.05) is 25.5 Å². The number of urea groups is 1. The number of amides is 2. The van der Waals surface area contributed by atoms with Crippen LogP contribution in [-0.4, -0.2) is 37.1 Å². The SMILES string of the molecule is COC(=O)C1CCN(C(=O)Nc2ccc3occ(C)c3c2)CC1C. The second-order valence-electron chi connectivity index (χ2n) is 6.40. The molecule has 1 saturated heterocycles. The van der Waals surface area contributed by atoms with Crippen molar-refractivity contribution in [2.24, 2.45) is 11.8 Å². The van der Waals surface area contributed by atoms with E-state index in [4.69, 9.17) is 9.15 Å². The number of carbonyl (C=O) groups excluding carboxylic acids is 2. The average Bonchev–Trinajstić information content (AvgIpc) is 2.95. The monoisotopic (exact) mass is 330 g/mol. The van der Waals surface area contributed by atoms with Gasteiger partial charge in [0.25, 0.3) is 0 Å². The third-order valence-electron chi connectivity index (χ3n) is 4.71. The van der Waals surface area contributed by atoms with E-state index in [1.165, 1.54) is 7.11 Å². The first kappa shape index (κ1) is 16.4. The third kappa shape index (κ3) is 3.09. The Morgan fingerprint density at radius 3 is 2.88 bits per heavy atom. The summed E-state index contributed by atoms with van der Waals surface area (Å²) >= 11 is 0. The van der Waals surface area contributed by atoms with E-state index >= 15 is 0 Å². The predicted molar refractivity (Wildman–Crippen MR) is 90.8 cm³/mol. The van der Waals surface area contributed by atoms with E-state index in [1.54, 1.807) is 11.2 Å². The molecular formula is C18H22N2O4. The Hall–Kier alpha value is -2.50. The minimum Gasteiger partial charge on any atom is -0.469 e. The first-order valence-corrected chi connectivity index (χ1v) is 8.11. The van der Waals surface area contributed by atoms with Crippen molar-refractivity contribution in [1.82, 2.24) is 4.90 Å². The molecule has 128 valence electrons. The van der Waals surface area contributed by atoms with Crippen molar-refractivity contribution < 1.29 is 18.7 Å². The van der Waals surface area contributed by atoms with Crippen LogP contribution in [0.2, 0.25) is 0 Å². The van der Waals surface area contributed by atoms with E-state index in [0.717, 1.165) is 22.2 Å². The Morgan fingerprint density at radius 1 is 1.38 bits per heavy atom. The quantitative estimate of drug-likeness (QED) is 0.857. The maximum atomic E-state index is 12.5. The highest BCUT2D eigenvalue weighted by atomic mass is 16.5. The van der Waals surface area contributed by atoms with Crippen LogP contribution < -0.4 is 5.32 Å². The molecule has 2 atom stereocenters. The zero-order valence-electron chi connectivity index (χ0n) is 14.2. The number of anilines is 1. The summed E-state index contributed by atoms with van der Waals surface area (Å²) in [6.45, 7) is 5.03. The minimum atomic E-state index is -0.191. The molecule has 1 aliphatic heterocycles. The number of rotatable bonds is 2. The van der Waals surface area contributed by atoms with E-state index < -0.39 is 0 Å². The summed E-state index contributed by atoms with van der Waals surface area (Å²) in [5.74, 6) is -0.247. The van der Waals surface area contributed by atoms with Gasteiger partial charge in [0, 0.05) is 24.2 Å². The summed E-state index contributed by atoms with van der Waals surface area (Å²) in [4.78, 5) is 26.0. The minimum absolute atomic E-state index is 0.0792. The molecule has 0 spiro atoms. The van der Waals surface area contributed by atoms with E-state index in [-0.39, 0.29) is 23.8 Å². The summed E-state index contributed by atoms with van der Waals surface area (Å²) in [6.07, 6.45) is 2.33. The number of furan rings is 1. The van der Waals surface area contributed by atoms with Crippen LogP contribution in [0.1, 0.15) is 18.9 Å². The maximum Gasteiger partial charge on any atom is 0.321 e. The van der Waals surface area contributed by atoms with Crippen molar-refractivity contribution >= 4 is 28.7 Å². The number of hydrogen-bond acceptors (Lipinski definition) is 4. The number of esters is 1.